The van der Waals surface area contributed by atoms with E-state index in [9.17, 15) is 19.0 Å². The van der Waals surface area contributed by atoms with Gasteiger partial charge in [0.15, 0.2) is 0 Å². The second-order valence-electron chi connectivity index (χ2n) is 22.6. The minimum Gasteiger partial charge on any atom is -0.756 e. The molecule has 0 aliphatic carbocycles. The van der Waals surface area contributed by atoms with E-state index in [1.54, 1.807) is 0 Å². The normalized spacial score (nSPS) is 13.9. The largest absolute Gasteiger partial charge is 0.756 e. The molecule has 0 rings (SSSR count). The topological polar surface area (TPSA) is 114 Å². The van der Waals surface area contributed by atoms with Crippen molar-refractivity contribution < 1.29 is 37.3 Å². The number of rotatable bonds is 57. The van der Waals surface area contributed by atoms with Gasteiger partial charge in [0.2, 0.25) is 5.91 Å². The van der Waals surface area contributed by atoms with Gasteiger partial charge in [0.1, 0.15) is 19.3 Å². The van der Waals surface area contributed by atoms with Crippen molar-refractivity contribution in [3.8, 4) is 0 Å². The van der Waals surface area contributed by atoms with Crippen LogP contribution < -0.4 is 10.2 Å². The second-order valence-corrected chi connectivity index (χ2v) is 24.0. The highest BCUT2D eigenvalue weighted by atomic mass is 31.2. The number of hydrogen-bond donors (Lipinski definition) is 1. The van der Waals surface area contributed by atoms with E-state index < -0.39 is 20.0 Å². The molecule has 0 saturated heterocycles. The van der Waals surface area contributed by atoms with E-state index in [-0.39, 0.29) is 31.5 Å². The number of unbranched alkanes of at least 4 members (excludes halogenated alkanes) is 37. The minimum atomic E-state index is -4.69. The number of allylic oxidation sites excluding steroid dienone is 5. The molecule has 9 nitrogen and oxygen atoms in total. The number of likely N-dealkylation sites (N-methyl/N-ethyl adjacent to an activating group) is 1. The summed E-state index contributed by atoms with van der Waals surface area (Å²) >= 11 is 0. The molecule has 0 heterocycles. The van der Waals surface area contributed by atoms with Crippen LogP contribution in [0.4, 0.5) is 0 Å². The highest BCUT2D eigenvalue weighted by Crippen LogP contribution is 2.38. The van der Waals surface area contributed by atoms with Crippen LogP contribution in [0.25, 0.3) is 0 Å². The lowest BCUT2D eigenvalue weighted by molar-refractivity contribution is -0.870. The van der Waals surface area contributed by atoms with Crippen molar-refractivity contribution in [1.82, 2.24) is 5.32 Å². The van der Waals surface area contributed by atoms with E-state index in [1.807, 2.05) is 33.3 Å². The van der Waals surface area contributed by atoms with Crippen LogP contribution in [0.3, 0.4) is 0 Å². The van der Waals surface area contributed by atoms with E-state index in [4.69, 9.17) is 13.8 Å². The summed E-state index contributed by atoms with van der Waals surface area (Å²) < 4.78 is 30.3. The third kappa shape index (κ3) is 54.8. The van der Waals surface area contributed by atoms with Gasteiger partial charge in [-0.15, -0.1) is 0 Å². The Hall–Kier alpha value is -1.77. The van der Waals surface area contributed by atoms with E-state index in [0.29, 0.717) is 17.4 Å². The first-order chi connectivity index (χ1) is 35.4. The molecule has 0 saturated carbocycles. The summed E-state index contributed by atoms with van der Waals surface area (Å²) in [5, 5.41) is 3.03. The summed E-state index contributed by atoms with van der Waals surface area (Å²) in [6.45, 7) is 6.85. The van der Waals surface area contributed by atoms with Gasteiger partial charge in [-0.1, -0.05) is 263 Å². The Morgan fingerprint density at radius 3 is 1.26 bits per heavy atom. The lowest BCUT2D eigenvalue weighted by atomic mass is 10.0. The number of esters is 1. The molecule has 73 heavy (non-hydrogen) atoms. The van der Waals surface area contributed by atoms with Crippen LogP contribution in [0.1, 0.15) is 303 Å². The van der Waals surface area contributed by atoms with Crippen LogP contribution in [0, 0.1) is 0 Å². The van der Waals surface area contributed by atoms with Crippen LogP contribution in [-0.4, -0.2) is 69.4 Å². The monoisotopic (exact) mass is 1050 g/mol. The van der Waals surface area contributed by atoms with Gasteiger partial charge >= 0.3 is 5.97 Å². The van der Waals surface area contributed by atoms with Crippen LogP contribution in [0.5, 0.6) is 0 Å². The standard InChI is InChI=1S/C63H121N2O7P/c1-7-10-13-16-19-22-25-28-30-31-32-33-35-38-41-44-47-50-53-56-63(67)72-61(54-51-48-45-42-39-36-27-24-21-18-15-12-9-3)60(59-71-73(68,69)70-58-57-65(4,5)6)64-62(66)55-52-49-46-43-40-37-34-29-26-23-20-17-14-11-8-2/h19,22,28,30,51,54,60-61H,7-18,20-21,23-27,29,31-50,52-53,55-59H2,1-6H3,(H-,64,66,68,69)/b22-19-,30-28-,54-51+. The maximum absolute atomic E-state index is 13.5. The number of carbonyl (C=O) groups excluding carboxylic acids is 2. The number of phosphoric ester groups is 1. The van der Waals surface area contributed by atoms with Gasteiger partial charge in [-0.3, -0.25) is 14.2 Å². The first-order valence-electron chi connectivity index (χ1n) is 31.3. The summed E-state index contributed by atoms with van der Waals surface area (Å²) in [5.41, 5.74) is 0. The van der Waals surface area contributed by atoms with Crippen LogP contribution >= 0.6 is 7.82 Å². The van der Waals surface area contributed by atoms with Crippen molar-refractivity contribution in [3.63, 3.8) is 0 Å². The molecular weight excluding hydrogens is 928 g/mol. The maximum atomic E-state index is 13.5. The number of nitrogens with one attached hydrogen (secondary N) is 1. The van der Waals surface area contributed by atoms with Crippen molar-refractivity contribution in [2.75, 3.05) is 40.9 Å². The fraction of sp³-hybridized carbons (Fsp3) is 0.873. The van der Waals surface area contributed by atoms with Gasteiger partial charge in [-0.2, -0.15) is 0 Å². The summed E-state index contributed by atoms with van der Waals surface area (Å²) in [4.78, 5) is 40.0. The first kappa shape index (κ1) is 71.2. The number of hydrogen-bond acceptors (Lipinski definition) is 7. The zero-order valence-electron chi connectivity index (χ0n) is 49.1. The number of amides is 1. The van der Waals surface area contributed by atoms with Gasteiger partial charge in [0.05, 0.1) is 33.8 Å². The molecule has 0 aliphatic heterocycles. The molecule has 0 bridgehead atoms. The van der Waals surface area contributed by atoms with E-state index in [0.717, 1.165) is 64.2 Å². The van der Waals surface area contributed by atoms with Gasteiger partial charge < -0.3 is 28.5 Å². The number of nitrogens with zero attached hydrogens (tertiary/aromatic N) is 1. The van der Waals surface area contributed by atoms with Crippen LogP contribution in [0.15, 0.2) is 36.5 Å². The molecule has 0 fully saturated rings. The van der Waals surface area contributed by atoms with E-state index in [1.165, 1.54) is 205 Å². The quantitative estimate of drug-likeness (QED) is 0.0212. The average molecular weight is 1050 g/mol. The summed E-state index contributed by atoms with van der Waals surface area (Å²) in [6, 6.07) is -0.885. The zero-order valence-corrected chi connectivity index (χ0v) is 50.0. The molecule has 0 aromatic rings. The van der Waals surface area contributed by atoms with Gasteiger partial charge in [0.25, 0.3) is 7.82 Å². The Morgan fingerprint density at radius 1 is 0.479 bits per heavy atom. The van der Waals surface area contributed by atoms with Crippen molar-refractivity contribution in [2.45, 2.75) is 315 Å². The summed E-state index contributed by atoms with van der Waals surface area (Å²) in [5.74, 6) is -0.532. The van der Waals surface area contributed by atoms with E-state index in [2.05, 4.69) is 50.4 Å². The van der Waals surface area contributed by atoms with Crippen molar-refractivity contribution in [1.29, 1.82) is 0 Å². The molecule has 0 aliphatic rings. The maximum Gasteiger partial charge on any atom is 0.306 e. The Balaban J connectivity index is 5.26. The predicted molar refractivity (Wildman–Crippen MR) is 312 cm³/mol. The van der Waals surface area contributed by atoms with Crippen LogP contribution in [0.2, 0.25) is 0 Å². The van der Waals surface area contributed by atoms with Crippen molar-refractivity contribution in [2.24, 2.45) is 0 Å². The number of quaternary nitrogens is 1. The Morgan fingerprint density at radius 2 is 0.836 bits per heavy atom. The minimum absolute atomic E-state index is 0.0205. The molecule has 430 valence electrons. The van der Waals surface area contributed by atoms with Crippen molar-refractivity contribution >= 4 is 19.7 Å². The zero-order chi connectivity index (χ0) is 53.6. The van der Waals surface area contributed by atoms with Gasteiger partial charge in [-0.05, 0) is 63.9 Å². The van der Waals surface area contributed by atoms with E-state index >= 15 is 0 Å². The first-order valence-corrected chi connectivity index (χ1v) is 32.8. The van der Waals surface area contributed by atoms with Crippen LogP contribution in [-0.2, 0) is 27.9 Å². The molecule has 1 amide bonds. The second kappa shape index (κ2) is 53.6. The third-order valence-corrected chi connectivity index (χ3v) is 15.0. The Labute approximate surface area is 453 Å². The van der Waals surface area contributed by atoms with Gasteiger partial charge in [0, 0.05) is 12.8 Å². The SMILES string of the molecule is CCCCC/C=C\C/C=C\CCCCCCCCCCCC(=O)OC(/C=C/CCCCCCCCCCCCC)C(COP(=O)([O-])OCC[N+](C)(C)C)NC(=O)CCCCCCCCCCCCCCCCC. The fourth-order valence-electron chi connectivity index (χ4n) is 9.20. The number of ether oxygens (including phenoxy) is 1. The number of carbonyl (C=O) groups is 2. The summed E-state index contributed by atoms with van der Waals surface area (Å²) in [7, 11) is 1.19. The molecule has 0 spiro atoms. The Kier molecular flexibility index (Phi) is 52.3. The average Bonchev–Trinajstić information content (AvgIpc) is 3.35. The highest BCUT2D eigenvalue weighted by Gasteiger charge is 2.27. The summed E-state index contributed by atoms with van der Waals surface area (Å²) in [6.07, 6.45) is 63.8. The molecule has 0 aromatic carbocycles. The molecule has 0 aromatic heterocycles. The molecular formula is C63H121N2O7P. The molecule has 10 heteroatoms. The smallest absolute Gasteiger partial charge is 0.306 e. The lowest BCUT2D eigenvalue weighted by Crippen LogP contribution is -2.47. The molecule has 3 atom stereocenters. The number of phosphoric acid groups is 1. The van der Waals surface area contributed by atoms with Gasteiger partial charge in [-0.25, -0.2) is 0 Å². The molecule has 0 radical (unpaired) electrons. The lowest BCUT2D eigenvalue weighted by Gasteiger charge is -2.30. The van der Waals surface area contributed by atoms with Crippen molar-refractivity contribution in [3.05, 3.63) is 36.5 Å². The predicted octanol–water partition coefficient (Wildman–Crippen LogP) is 18.5. The fourth-order valence-corrected chi connectivity index (χ4v) is 9.92. The Bertz CT molecular complexity index is 1350. The third-order valence-electron chi connectivity index (χ3n) is 14.1. The molecule has 1 N–H and O–H groups in total. The molecule has 3 unspecified atom stereocenters. The highest BCUT2D eigenvalue weighted by molar-refractivity contribution is 7.45.